The van der Waals surface area contributed by atoms with E-state index in [-0.39, 0.29) is 40.7 Å². The van der Waals surface area contributed by atoms with Crippen molar-refractivity contribution >= 4 is 0 Å². The fourth-order valence-corrected chi connectivity index (χ4v) is 13.9. The first-order valence-electron chi connectivity index (χ1n) is 18.4. The smallest absolute Gasteiger partial charge is 0.170 e. The van der Waals surface area contributed by atoms with Crippen molar-refractivity contribution in [1.29, 1.82) is 0 Å². The zero-order valence-corrected chi connectivity index (χ0v) is 28.6. The second kappa shape index (κ2) is 9.66. The van der Waals surface area contributed by atoms with E-state index in [2.05, 4.69) is 39.5 Å². The number of rotatable bonds is 5. The Morgan fingerprint density at radius 3 is 2.36 bits per heavy atom. The summed E-state index contributed by atoms with van der Waals surface area (Å²) in [5, 5.41) is 34.1. The third kappa shape index (κ3) is 3.93. The minimum absolute atomic E-state index is 0.00469. The van der Waals surface area contributed by atoms with Crippen LogP contribution >= 0.6 is 0 Å². The summed E-state index contributed by atoms with van der Waals surface area (Å²) in [5.41, 5.74) is -0.705. The average molecular weight is 616 g/mol. The van der Waals surface area contributed by atoms with Gasteiger partial charge in [0.25, 0.3) is 0 Å². The zero-order chi connectivity index (χ0) is 31.2. The minimum Gasteiger partial charge on any atom is -0.390 e. The van der Waals surface area contributed by atoms with Crippen LogP contribution in [0.15, 0.2) is 0 Å². The van der Waals surface area contributed by atoms with Gasteiger partial charge in [0.1, 0.15) is 6.10 Å². The van der Waals surface area contributed by atoms with Crippen LogP contribution in [-0.4, -0.2) is 88.4 Å². The maximum atomic E-state index is 12.4. The molecular weight excluding hydrogens is 554 g/mol. The highest BCUT2D eigenvalue weighted by Crippen LogP contribution is 2.89. The lowest BCUT2D eigenvalue weighted by atomic mass is 9.41. The summed E-state index contributed by atoms with van der Waals surface area (Å²) in [6.07, 6.45) is 9.71. The molecule has 3 N–H and O–H groups in total. The van der Waals surface area contributed by atoms with Gasteiger partial charge in [0.2, 0.25) is 0 Å². The molecule has 2 heterocycles. The van der Waals surface area contributed by atoms with Crippen LogP contribution in [0.2, 0.25) is 0 Å². The van der Waals surface area contributed by atoms with E-state index in [4.69, 9.17) is 14.2 Å². The van der Waals surface area contributed by atoms with Gasteiger partial charge in [-0.25, -0.2) is 0 Å². The average Bonchev–Trinajstić information content (AvgIpc) is 3.88. The first-order chi connectivity index (χ1) is 20.6. The molecule has 8 aliphatic rings. The Kier molecular flexibility index (Phi) is 6.81. The summed E-state index contributed by atoms with van der Waals surface area (Å²) in [6, 6.07) is 0.758. The molecule has 14 atom stereocenters. The highest BCUT2D eigenvalue weighted by molar-refractivity contribution is 5.33. The third-order valence-corrected chi connectivity index (χ3v) is 16.3. The predicted octanol–water partition coefficient (Wildman–Crippen LogP) is 5.14. The molecule has 44 heavy (non-hydrogen) atoms. The molecule has 14 unspecified atom stereocenters. The number of fused-ring (bicyclic) bond motifs is 4. The van der Waals surface area contributed by atoms with Crippen LogP contribution in [0.5, 0.6) is 0 Å². The Morgan fingerprint density at radius 2 is 1.66 bits per heavy atom. The molecule has 6 aliphatic carbocycles. The van der Waals surface area contributed by atoms with Gasteiger partial charge < -0.3 is 29.5 Å². The molecule has 6 saturated carbocycles. The Balaban J connectivity index is 1.04. The van der Waals surface area contributed by atoms with E-state index in [1.807, 2.05) is 0 Å². The van der Waals surface area contributed by atoms with Crippen LogP contribution in [0.25, 0.3) is 0 Å². The summed E-state index contributed by atoms with van der Waals surface area (Å²) in [7, 11) is 0. The van der Waals surface area contributed by atoms with Gasteiger partial charge in [-0.15, -0.1) is 0 Å². The molecule has 2 saturated heterocycles. The maximum Gasteiger partial charge on any atom is 0.170 e. The number of hydrogen-bond acceptors (Lipinski definition) is 7. The van der Waals surface area contributed by atoms with Crippen LogP contribution in [0.1, 0.15) is 113 Å². The first kappa shape index (κ1) is 31.0. The SMILES string of the molecule is CC1CC(C(O)C(C)(C)O)OC2C1C1(C)CCC34CC35CCC(OC3CN(C6CC6)CCO3)C(C)(C)C5CCC4C1(C)C2O. The van der Waals surface area contributed by atoms with Gasteiger partial charge in [0.15, 0.2) is 6.29 Å². The van der Waals surface area contributed by atoms with Crippen molar-refractivity contribution < 1.29 is 29.5 Å². The molecule has 2 spiro atoms. The topological polar surface area (TPSA) is 91.6 Å². The summed E-state index contributed by atoms with van der Waals surface area (Å²) in [4.78, 5) is 2.59. The molecular formula is C37H61NO6. The first-order valence-corrected chi connectivity index (χ1v) is 18.4. The van der Waals surface area contributed by atoms with Crippen LogP contribution in [0.4, 0.5) is 0 Å². The van der Waals surface area contributed by atoms with Gasteiger partial charge in [-0.3, -0.25) is 4.90 Å². The van der Waals surface area contributed by atoms with Gasteiger partial charge in [-0.05, 0) is 123 Å². The summed E-state index contributed by atoms with van der Waals surface area (Å²) < 4.78 is 19.8. The Labute approximate surface area is 265 Å². The number of ether oxygens (including phenoxy) is 3. The number of aliphatic hydroxyl groups is 3. The number of morpholine rings is 1. The highest BCUT2D eigenvalue weighted by atomic mass is 16.7. The lowest BCUT2D eigenvalue weighted by Gasteiger charge is -2.64. The summed E-state index contributed by atoms with van der Waals surface area (Å²) in [5.74, 6) is 1.72. The van der Waals surface area contributed by atoms with E-state index in [0.29, 0.717) is 28.6 Å². The third-order valence-electron chi connectivity index (χ3n) is 16.3. The number of nitrogens with zero attached hydrogens (tertiary/aromatic N) is 1. The molecule has 0 radical (unpaired) electrons. The van der Waals surface area contributed by atoms with E-state index < -0.39 is 23.9 Å². The van der Waals surface area contributed by atoms with Crippen LogP contribution < -0.4 is 0 Å². The van der Waals surface area contributed by atoms with E-state index in [1.165, 1.54) is 44.9 Å². The molecule has 250 valence electrons. The zero-order valence-electron chi connectivity index (χ0n) is 28.6. The van der Waals surface area contributed by atoms with Crippen molar-refractivity contribution in [3.05, 3.63) is 0 Å². The van der Waals surface area contributed by atoms with Crippen molar-refractivity contribution in [3.63, 3.8) is 0 Å². The fourth-order valence-electron chi connectivity index (χ4n) is 13.9. The van der Waals surface area contributed by atoms with E-state index in [0.717, 1.165) is 45.0 Å². The standard InChI is InChI=1S/C37H61NO6/c1-21-18-23(30(39)33(4,5)41)43-29-28(21)34(6)14-15-37-20-36(37)13-12-26(44-27-19-38(16-17-42-27)22-8-9-22)32(2,3)24(36)10-11-25(37)35(34,7)31(29)40/h21-31,39-41H,8-20H2,1-7H3. The van der Waals surface area contributed by atoms with Crippen LogP contribution in [0, 0.1) is 50.7 Å². The molecule has 8 rings (SSSR count). The van der Waals surface area contributed by atoms with Gasteiger partial charge in [-0.2, -0.15) is 0 Å². The molecule has 7 nitrogen and oxygen atoms in total. The van der Waals surface area contributed by atoms with Gasteiger partial charge >= 0.3 is 0 Å². The monoisotopic (exact) mass is 615 g/mol. The summed E-state index contributed by atoms with van der Waals surface area (Å²) >= 11 is 0. The number of hydrogen-bond donors (Lipinski definition) is 3. The van der Waals surface area contributed by atoms with Crippen molar-refractivity contribution in [1.82, 2.24) is 4.90 Å². The normalized spacial score (nSPS) is 55.6. The largest absolute Gasteiger partial charge is 0.390 e. The predicted molar refractivity (Wildman–Crippen MR) is 168 cm³/mol. The maximum absolute atomic E-state index is 12.4. The van der Waals surface area contributed by atoms with Gasteiger partial charge in [0, 0.05) is 24.5 Å². The Morgan fingerprint density at radius 1 is 0.955 bits per heavy atom. The van der Waals surface area contributed by atoms with Crippen molar-refractivity contribution in [2.45, 2.75) is 161 Å². The fraction of sp³-hybridized carbons (Fsp3) is 1.00. The lowest BCUT2D eigenvalue weighted by molar-refractivity contribution is -0.249. The minimum atomic E-state index is -1.24. The summed E-state index contributed by atoms with van der Waals surface area (Å²) in [6.45, 7) is 18.3. The second-order valence-corrected chi connectivity index (χ2v) is 18.8. The Bertz CT molecular complexity index is 1150. The molecule has 0 aromatic carbocycles. The lowest BCUT2D eigenvalue weighted by Crippen LogP contribution is -2.60. The quantitative estimate of drug-likeness (QED) is 0.395. The molecule has 0 aromatic rings. The Hall–Kier alpha value is -0.280. The molecule has 0 aromatic heterocycles. The molecule has 0 amide bonds. The molecule has 0 bridgehead atoms. The van der Waals surface area contributed by atoms with Crippen molar-refractivity contribution in [2.24, 2.45) is 50.7 Å². The molecule has 7 heteroatoms. The van der Waals surface area contributed by atoms with Crippen LogP contribution in [-0.2, 0) is 14.2 Å². The highest BCUT2D eigenvalue weighted by Gasteiger charge is 2.84. The van der Waals surface area contributed by atoms with E-state index in [1.54, 1.807) is 13.8 Å². The van der Waals surface area contributed by atoms with Crippen molar-refractivity contribution in [2.75, 3.05) is 19.7 Å². The molecule has 8 fully saturated rings. The van der Waals surface area contributed by atoms with Gasteiger partial charge in [-0.1, -0.05) is 34.6 Å². The number of aliphatic hydroxyl groups excluding tert-OH is 2. The van der Waals surface area contributed by atoms with Crippen molar-refractivity contribution in [3.8, 4) is 0 Å². The molecule has 2 aliphatic heterocycles. The van der Waals surface area contributed by atoms with Crippen LogP contribution in [0.3, 0.4) is 0 Å². The second-order valence-electron chi connectivity index (χ2n) is 18.8. The van der Waals surface area contributed by atoms with E-state index in [9.17, 15) is 15.3 Å². The van der Waals surface area contributed by atoms with E-state index >= 15 is 0 Å². The van der Waals surface area contributed by atoms with Gasteiger partial charge in [0.05, 0.1) is 36.6 Å².